The minimum absolute atomic E-state index is 1.19. The molecule has 0 nitrogen and oxygen atoms in total. The van der Waals surface area contributed by atoms with E-state index in [1.807, 2.05) is 0 Å². The van der Waals surface area contributed by atoms with E-state index < -0.39 is 14.7 Å². The van der Waals surface area contributed by atoms with Crippen LogP contribution in [0.5, 0.6) is 0 Å². The van der Waals surface area contributed by atoms with Gasteiger partial charge in [-0.2, -0.15) is 0 Å². The average molecular weight is 564 g/mol. The Morgan fingerprint density at radius 3 is 1.28 bits per heavy atom. The van der Waals surface area contributed by atoms with Gasteiger partial charge in [-0.1, -0.05) is 0 Å². The first-order valence-electron chi connectivity index (χ1n) is 9.42. The molecule has 0 aromatic heterocycles. The third-order valence-electron chi connectivity index (χ3n) is 5.13. The second kappa shape index (κ2) is 8.11. The molecule has 3 heteroatoms. The molecule has 0 aliphatic rings. The van der Waals surface area contributed by atoms with E-state index in [-0.39, 0.29) is 0 Å². The van der Waals surface area contributed by atoms with E-state index in [1.54, 1.807) is 0 Å². The van der Waals surface area contributed by atoms with Crippen LogP contribution in [0.1, 0.15) is 0 Å². The molecule has 0 saturated carbocycles. The van der Waals surface area contributed by atoms with Gasteiger partial charge in [0.25, 0.3) is 0 Å². The number of benzene rings is 5. The number of fused-ring (bicyclic) bond motifs is 2. The van der Waals surface area contributed by atoms with E-state index >= 15 is 0 Å². The van der Waals surface area contributed by atoms with Crippen molar-refractivity contribution in [2.75, 3.05) is 0 Å². The third kappa shape index (κ3) is 3.70. The van der Waals surface area contributed by atoms with Gasteiger partial charge in [-0.15, -0.1) is 0 Å². The maximum absolute atomic E-state index is 3.91. The zero-order valence-corrected chi connectivity index (χ0v) is 20.6. The molecular weight excluding hydrogens is 547 g/mol. The second-order valence-corrected chi connectivity index (χ2v) is 13.2. The third-order valence-corrected chi connectivity index (χ3v) is 13.1. The molecule has 0 atom stereocenters. The van der Waals surface area contributed by atoms with Crippen molar-refractivity contribution < 1.29 is 0 Å². The van der Waals surface area contributed by atoms with Gasteiger partial charge in [-0.25, -0.2) is 0 Å². The van der Waals surface area contributed by atoms with Crippen molar-refractivity contribution in [3.05, 3.63) is 112 Å². The van der Waals surface area contributed by atoms with Crippen molar-refractivity contribution in [1.82, 2.24) is 0 Å². The van der Waals surface area contributed by atoms with E-state index in [9.17, 15) is 0 Å². The summed E-state index contributed by atoms with van der Waals surface area (Å²) in [6, 6.07) is 37.5. The Kier molecular flexibility index (Phi) is 5.35. The molecule has 0 bridgehead atoms. The van der Waals surface area contributed by atoms with E-state index in [4.69, 9.17) is 0 Å². The predicted octanol–water partition coefficient (Wildman–Crippen LogP) is 6.03. The van der Waals surface area contributed by atoms with Crippen molar-refractivity contribution >= 4 is 81.1 Å². The number of rotatable bonds is 3. The Bertz CT molecular complexity index is 1240. The summed E-state index contributed by atoms with van der Waals surface area (Å²) in [6.07, 6.45) is 0. The Morgan fingerprint density at radius 1 is 0.448 bits per heavy atom. The Labute approximate surface area is 192 Å². The van der Waals surface area contributed by atoms with Crippen molar-refractivity contribution in [3.63, 3.8) is 0 Å². The van der Waals surface area contributed by atoms with Gasteiger partial charge in [-0.3, -0.25) is 0 Å². The summed E-state index contributed by atoms with van der Waals surface area (Å²) in [6.45, 7) is 0. The van der Waals surface area contributed by atoms with Crippen LogP contribution in [0.25, 0.3) is 21.5 Å². The zero-order chi connectivity index (χ0) is 19.8. The van der Waals surface area contributed by atoms with Crippen LogP contribution in [0.2, 0.25) is 0 Å². The van der Waals surface area contributed by atoms with Gasteiger partial charge >= 0.3 is 193 Å². The number of hydrogen-bond acceptors (Lipinski definition) is 0. The van der Waals surface area contributed by atoms with Crippen molar-refractivity contribution in [1.29, 1.82) is 0 Å². The first-order chi connectivity index (χ1) is 14.2. The van der Waals surface area contributed by atoms with Crippen LogP contribution < -0.4 is 13.1 Å². The molecular formula is C26H17AsBr2. The SMILES string of the molecule is Brc1cc2ccccc2cc1[As](c1ccccc1)c1cc2ccccc2cc1Br. The molecule has 0 saturated heterocycles. The van der Waals surface area contributed by atoms with Crippen LogP contribution in [-0.4, -0.2) is 14.7 Å². The van der Waals surface area contributed by atoms with Crippen LogP contribution in [0, 0.1) is 0 Å². The fourth-order valence-electron chi connectivity index (χ4n) is 3.73. The fraction of sp³-hybridized carbons (Fsp3) is 0. The summed E-state index contributed by atoms with van der Waals surface area (Å²) in [5.41, 5.74) is 0. The monoisotopic (exact) mass is 562 g/mol. The fourth-order valence-corrected chi connectivity index (χ4v) is 11.3. The molecule has 0 unspecified atom stereocenters. The molecule has 5 aromatic rings. The van der Waals surface area contributed by atoms with Crippen molar-refractivity contribution in [2.24, 2.45) is 0 Å². The summed E-state index contributed by atoms with van der Waals surface area (Å²) in [7, 11) is 0. The van der Waals surface area contributed by atoms with Crippen molar-refractivity contribution in [2.45, 2.75) is 0 Å². The van der Waals surface area contributed by atoms with E-state index in [1.165, 1.54) is 43.5 Å². The van der Waals surface area contributed by atoms with Crippen molar-refractivity contribution in [3.8, 4) is 0 Å². The quantitative estimate of drug-likeness (QED) is 0.235. The molecule has 0 aliphatic carbocycles. The number of halogens is 2. The van der Waals surface area contributed by atoms with Gasteiger partial charge in [0, 0.05) is 0 Å². The first kappa shape index (κ1) is 19.1. The maximum atomic E-state index is 3.91. The van der Waals surface area contributed by atoms with Crippen LogP contribution in [0.3, 0.4) is 0 Å². The molecule has 0 N–H and O–H groups in total. The molecule has 0 heterocycles. The first-order valence-corrected chi connectivity index (χ1v) is 13.8. The summed E-state index contributed by atoms with van der Waals surface area (Å²) < 4.78 is 6.64. The standard InChI is InChI=1S/C26H17AsBr2/c28-25-16-20-10-6-4-8-18(20)14-23(25)27(22-12-2-1-3-13-22)24-15-19-9-5-7-11-21(19)17-26(24)29/h1-17H. The van der Waals surface area contributed by atoms with Crippen LogP contribution in [-0.2, 0) is 0 Å². The van der Waals surface area contributed by atoms with Gasteiger partial charge in [0.05, 0.1) is 0 Å². The molecule has 29 heavy (non-hydrogen) atoms. The molecule has 0 radical (unpaired) electrons. The molecule has 0 fully saturated rings. The average Bonchev–Trinajstić information content (AvgIpc) is 2.75. The Morgan fingerprint density at radius 2 is 0.828 bits per heavy atom. The molecule has 5 rings (SSSR count). The summed E-state index contributed by atoms with van der Waals surface area (Å²) in [5, 5.41) is 5.11. The minimum atomic E-state index is -1.79. The normalized spacial score (nSPS) is 11.4. The van der Waals surface area contributed by atoms with E-state index in [2.05, 4.69) is 135 Å². The summed E-state index contributed by atoms with van der Waals surface area (Å²) in [4.78, 5) is 0. The van der Waals surface area contributed by atoms with Gasteiger partial charge in [0.15, 0.2) is 0 Å². The van der Waals surface area contributed by atoms with Crippen LogP contribution >= 0.6 is 31.9 Å². The number of hydrogen-bond donors (Lipinski definition) is 0. The van der Waals surface area contributed by atoms with Gasteiger partial charge in [0.2, 0.25) is 0 Å². The van der Waals surface area contributed by atoms with Crippen LogP contribution in [0.15, 0.2) is 112 Å². The van der Waals surface area contributed by atoms with E-state index in [0.29, 0.717) is 0 Å². The Balaban J connectivity index is 1.80. The topological polar surface area (TPSA) is 0 Å². The summed E-state index contributed by atoms with van der Waals surface area (Å²) in [5.74, 6) is 0. The molecule has 0 amide bonds. The summed E-state index contributed by atoms with van der Waals surface area (Å²) >= 11 is 6.03. The zero-order valence-electron chi connectivity index (χ0n) is 15.5. The second-order valence-electron chi connectivity index (χ2n) is 6.97. The molecule has 0 aliphatic heterocycles. The van der Waals surface area contributed by atoms with Gasteiger partial charge in [0.1, 0.15) is 0 Å². The van der Waals surface area contributed by atoms with Crippen LogP contribution in [0.4, 0.5) is 0 Å². The van der Waals surface area contributed by atoms with Gasteiger partial charge < -0.3 is 0 Å². The Hall–Kier alpha value is -1.86. The molecule has 5 aromatic carbocycles. The van der Waals surface area contributed by atoms with E-state index in [0.717, 1.165) is 0 Å². The predicted molar refractivity (Wildman–Crippen MR) is 134 cm³/mol. The van der Waals surface area contributed by atoms with Gasteiger partial charge in [-0.05, 0) is 0 Å². The molecule has 140 valence electrons. The molecule has 0 spiro atoms.